The van der Waals surface area contributed by atoms with Crippen molar-refractivity contribution >= 4 is 22.4 Å². The first-order valence-electron chi connectivity index (χ1n) is 7.40. The van der Waals surface area contributed by atoms with Gasteiger partial charge in [0.25, 0.3) is 5.91 Å². The van der Waals surface area contributed by atoms with Crippen LogP contribution in [-0.4, -0.2) is 16.6 Å². The lowest BCUT2D eigenvalue weighted by Crippen LogP contribution is -2.19. The van der Waals surface area contributed by atoms with Crippen molar-refractivity contribution in [1.82, 2.24) is 10.4 Å². The number of hydrazone groups is 1. The van der Waals surface area contributed by atoms with Gasteiger partial charge in [-0.15, -0.1) is 0 Å². The van der Waals surface area contributed by atoms with Crippen molar-refractivity contribution in [2.45, 2.75) is 13.8 Å². The van der Waals surface area contributed by atoms with E-state index in [2.05, 4.69) is 15.5 Å². The van der Waals surface area contributed by atoms with Crippen LogP contribution in [-0.2, 0) is 0 Å². The number of amides is 1. The lowest BCUT2D eigenvalue weighted by molar-refractivity contribution is 0.0954. The molecule has 0 aliphatic heterocycles. The number of nitrogens with one attached hydrogen (secondary N) is 1. The summed E-state index contributed by atoms with van der Waals surface area (Å²) in [6, 6.07) is 17.4. The zero-order valence-corrected chi connectivity index (χ0v) is 13.1. The fraction of sp³-hybridized carbons (Fsp3) is 0.105. The molecule has 0 aliphatic carbocycles. The van der Waals surface area contributed by atoms with Crippen LogP contribution in [0.2, 0.25) is 0 Å². The van der Waals surface area contributed by atoms with E-state index in [9.17, 15) is 4.79 Å². The summed E-state index contributed by atoms with van der Waals surface area (Å²) in [4.78, 5) is 16.5. The molecule has 1 aromatic heterocycles. The van der Waals surface area contributed by atoms with Gasteiger partial charge in [-0.05, 0) is 37.4 Å². The third-order valence-corrected chi connectivity index (χ3v) is 3.61. The topological polar surface area (TPSA) is 54.4 Å². The number of aryl methyl sites for hydroxylation is 1. The molecule has 0 radical (unpaired) electrons. The zero-order valence-electron chi connectivity index (χ0n) is 13.1. The Morgan fingerprint density at radius 1 is 1.04 bits per heavy atom. The number of hydrogen-bond acceptors (Lipinski definition) is 3. The van der Waals surface area contributed by atoms with Crippen molar-refractivity contribution in [2.75, 3.05) is 0 Å². The summed E-state index contributed by atoms with van der Waals surface area (Å²) in [6.07, 6.45) is 1.81. The number of nitrogens with zero attached hydrogens (tertiary/aromatic N) is 2. The monoisotopic (exact) mass is 303 g/mol. The first kappa shape index (κ1) is 14.9. The van der Waals surface area contributed by atoms with E-state index in [1.54, 1.807) is 6.07 Å². The minimum absolute atomic E-state index is 0.228. The molecule has 1 heterocycles. The molecule has 0 saturated heterocycles. The Morgan fingerprint density at radius 2 is 1.83 bits per heavy atom. The molecular weight excluding hydrogens is 286 g/mol. The van der Waals surface area contributed by atoms with E-state index in [0.29, 0.717) is 11.3 Å². The molecule has 4 heteroatoms. The highest BCUT2D eigenvalue weighted by Crippen LogP contribution is 2.13. The number of carbonyl (C=O) groups excluding carboxylic acids is 1. The third-order valence-electron chi connectivity index (χ3n) is 3.61. The predicted octanol–water partition coefficient (Wildman–Crippen LogP) is 3.70. The van der Waals surface area contributed by atoms with E-state index in [4.69, 9.17) is 0 Å². The Hall–Kier alpha value is -3.01. The molecule has 4 nitrogen and oxygen atoms in total. The Kier molecular flexibility index (Phi) is 4.15. The van der Waals surface area contributed by atoms with Crippen molar-refractivity contribution in [1.29, 1.82) is 0 Å². The Morgan fingerprint density at radius 3 is 2.61 bits per heavy atom. The summed E-state index contributed by atoms with van der Waals surface area (Å²) in [5.74, 6) is -0.228. The molecule has 114 valence electrons. The summed E-state index contributed by atoms with van der Waals surface area (Å²) < 4.78 is 0. The zero-order chi connectivity index (χ0) is 16.2. The van der Waals surface area contributed by atoms with Crippen molar-refractivity contribution in [3.63, 3.8) is 0 Å². The first-order chi connectivity index (χ1) is 11.1. The normalized spacial score (nSPS) is 11.5. The van der Waals surface area contributed by atoms with Gasteiger partial charge >= 0.3 is 0 Å². The largest absolute Gasteiger partial charge is 0.271 e. The molecule has 2 aromatic carbocycles. The van der Waals surface area contributed by atoms with E-state index in [1.165, 1.54) is 0 Å². The van der Waals surface area contributed by atoms with Crippen LogP contribution in [0.3, 0.4) is 0 Å². The molecule has 1 N–H and O–H groups in total. The van der Waals surface area contributed by atoms with E-state index < -0.39 is 0 Å². The second-order valence-corrected chi connectivity index (χ2v) is 5.42. The lowest BCUT2D eigenvalue weighted by atomic mass is 10.1. The van der Waals surface area contributed by atoms with E-state index >= 15 is 0 Å². The highest BCUT2D eigenvalue weighted by molar-refractivity contribution is 6.01. The van der Waals surface area contributed by atoms with Crippen LogP contribution in [0.5, 0.6) is 0 Å². The molecule has 0 spiro atoms. The van der Waals surface area contributed by atoms with Gasteiger partial charge in [0.05, 0.1) is 11.4 Å². The van der Waals surface area contributed by atoms with Gasteiger partial charge in [0.1, 0.15) is 0 Å². The molecule has 1 amide bonds. The quantitative estimate of drug-likeness (QED) is 0.592. The van der Waals surface area contributed by atoms with Crippen molar-refractivity contribution in [3.8, 4) is 0 Å². The van der Waals surface area contributed by atoms with Gasteiger partial charge in [0, 0.05) is 17.1 Å². The fourth-order valence-corrected chi connectivity index (χ4v) is 2.32. The molecule has 0 fully saturated rings. The van der Waals surface area contributed by atoms with Gasteiger partial charge < -0.3 is 0 Å². The smallest absolute Gasteiger partial charge is 0.267 e. The van der Waals surface area contributed by atoms with Gasteiger partial charge in [0.15, 0.2) is 0 Å². The van der Waals surface area contributed by atoms with E-state index in [1.807, 2.05) is 68.6 Å². The highest BCUT2D eigenvalue weighted by atomic mass is 16.2. The van der Waals surface area contributed by atoms with Gasteiger partial charge in [0.2, 0.25) is 0 Å². The number of aromatic nitrogens is 1. The maximum Gasteiger partial charge on any atom is 0.271 e. The number of hydrogen-bond donors (Lipinski definition) is 1. The van der Waals surface area contributed by atoms with Crippen molar-refractivity contribution < 1.29 is 4.79 Å². The minimum atomic E-state index is -0.228. The van der Waals surface area contributed by atoms with Crippen LogP contribution >= 0.6 is 0 Å². The van der Waals surface area contributed by atoms with Crippen LogP contribution in [0.4, 0.5) is 0 Å². The van der Waals surface area contributed by atoms with Crippen molar-refractivity contribution in [3.05, 3.63) is 77.6 Å². The number of fused-ring (bicyclic) bond motifs is 1. The van der Waals surface area contributed by atoms with Crippen LogP contribution in [0, 0.1) is 6.92 Å². The first-order valence-corrected chi connectivity index (χ1v) is 7.40. The maximum atomic E-state index is 12.1. The van der Waals surface area contributed by atoms with E-state index in [0.717, 1.165) is 22.0 Å². The highest BCUT2D eigenvalue weighted by Gasteiger charge is 2.06. The number of benzene rings is 2. The van der Waals surface area contributed by atoms with Crippen LogP contribution in [0.1, 0.15) is 28.5 Å². The third kappa shape index (κ3) is 3.43. The summed E-state index contributed by atoms with van der Waals surface area (Å²) in [6.45, 7) is 3.78. The molecule has 0 atom stereocenters. The van der Waals surface area contributed by atoms with Crippen LogP contribution < -0.4 is 5.43 Å². The SMILES string of the molecule is CC(=NNC(=O)c1cccc(C)c1)c1cc2ccccc2cn1. The summed E-state index contributed by atoms with van der Waals surface area (Å²) >= 11 is 0. The summed E-state index contributed by atoms with van der Waals surface area (Å²) in [5, 5.41) is 6.33. The molecule has 0 unspecified atom stereocenters. The number of pyridine rings is 1. The molecular formula is C19H17N3O. The Labute approximate surface area is 134 Å². The summed E-state index contributed by atoms with van der Waals surface area (Å²) in [5.41, 5.74) is 5.62. The van der Waals surface area contributed by atoms with Crippen LogP contribution in [0.15, 0.2) is 65.9 Å². The summed E-state index contributed by atoms with van der Waals surface area (Å²) in [7, 11) is 0. The van der Waals surface area contributed by atoms with Gasteiger partial charge in [-0.3, -0.25) is 9.78 Å². The van der Waals surface area contributed by atoms with Gasteiger partial charge in [-0.25, -0.2) is 5.43 Å². The van der Waals surface area contributed by atoms with E-state index in [-0.39, 0.29) is 5.91 Å². The molecule has 3 rings (SSSR count). The van der Waals surface area contributed by atoms with Gasteiger partial charge in [-0.1, -0.05) is 42.0 Å². The maximum absolute atomic E-state index is 12.1. The standard InChI is InChI=1S/C19H17N3O/c1-13-6-5-9-16(10-13)19(23)22-21-14(2)18-11-15-7-3-4-8-17(15)12-20-18/h3-12H,1-2H3,(H,22,23). The Balaban J connectivity index is 1.79. The molecule has 0 aliphatic rings. The molecule has 0 bridgehead atoms. The average Bonchev–Trinajstić information content (AvgIpc) is 2.59. The van der Waals surface area contributed by atoms with Crippen molar-refractivity contribution in [2.24, 2.45) is 5.10 Å². The number of carbonyl (C=O) groups is 1. The van der Waals surface area contributed by atoms with Crippen LogP contribution in [0.25, 0.3) is 10.8 Å². The molecule has 23 heavy (non-hydrogen) atoms. The fourth-order valence-electron chi connectivity index (χ4n) is 2.32. The Bertz CT molecular complexity index is 900. The molecule has 0 saturated carbocycles. The lowest BCUT2D eigenvalue weighted by Gasteiger charge is -2.04. The second kappa shape index (κ2) is 6.40. The minimum Gasteiger partial charge on any atom is -0.267 e. The van der Waals surface area contributed by atoms with Gasteiger partial charge in [-0.2, -0.15) is 5.10 Å². The second-order valence-electron chi connectivity index (χ2n) is 5.42. The average molecular weight is 303 g/mol. The molecule has 3 aromatic rings. The predicted molar refractivity (Wildman–Crippen MR) is 92.6 cm³/mol. The number of rotatable bonds is 3.